The summed E-state index contributed by atoms with van der Waals surface area (Å²) in [5.41, 5.74) is 5.73. The fourth-order valence-corrected chi connectivity index (χ4v) is 2.78. The molecule has 0 radical (unpaired) electrons. The Bertz CT molecular complexity index is 628. The van der Waals surface area contributed by atoms with E-state index in [4.69, 9.17) is 18.0 Å². The summed E-state index contributed by atoms with van der Waals surface area (Å²) in [5.74, 6) is -0.311. The van der Waals surface area contributed by atoms with Gasteiger partial charge in [0.05, 0.1) is 11.7 Å². The van der Waals surface area contributed by atoms with Crippen LogP contribution in [0.4, 0.5) is 0 Å². The predicted octanol–water partition coefficient (Wildman–Crippen LogP) is -0.139. The summed E-state index contributed by atoms with van der Waals surface area (Å²) >= 11 is 4.74. The third kappa shape index (κ3) is 4.45. The van der Waals surface area contributed by atoms with Crippen molar-refractivity contribution in [1.29, 1.82) is 0 Å². The molecule has 1 aromatic heterocycles. The quantitative estimate of drug-likeness (QED) is 0.704. The molecular formula is C12H18N4O3S2. The van der Waals surface area contributed by atoms with Crippen molar-refractivity contribution < 1.29 is 13.2 Å². The topological polar surface area (TPSA) is 105 Å². The number of amides is 1. The van der Waals surface area contributed by atoms with Crippen LogP contribution in [0.3, 0.4) is 0 Å². The summed E-state index contributed by atoms with van der Waals surface area (Å²) in [6.45, 7) is 3.79. The summed E-state index contributed by atoms with van der Waals surface area (Å²) in [5, 5.41) is 0. The van der Waals surface area contributed by atoms with Crippen LogP contribution in [-0.4, -0.2) is 48.8 Å². The Morgan fingerprint density at radius 2 is 2.14 bits per heavy atom. The molecule has 1 atom stereocenters. The monoisotopic (exact) mass is 330 g/mol. The molecule has 116 valence electrons. The molecule has 0 saturated carbocycles. The van der Waals surface area contributed by atoms with Gasteiger partial charge in [0, 0.05) is 19.8 Å². The lowest BCUT2D eigenvalue weighted by atomic mass is 10.3. The van der Waals surface area contributed by atoms with Crippen molar-refractivity contribution in [3.05, 3.63) is 24.0 Å². The minimum Gasteiger partial charge on any atom is -0.388 e. The van der Waals surface area contributed by atoms with E-state index in [9.17, 15) is 13.2 Å². The first-order valence-corrected chi connectivity index (χ1v) is 8.11. The molecule has 0 aliphatic rings. The molecule has 1 heterocycles. The van der Waals surface area contributed by atoms with Crippen LogP contribution in [0, 0.1) is 0 Å². The van der Waals surface area contributed by atoms with Crippen molar-refractivity contribution in [3.8, 4) is 0 Å². The third-order valence-electron chi connectivity index (χ3n) is 2.85. The van der Waals surface area contributed by atoms with Crippen molar-refractivity contribution in [3.63, 3.8) is 0 Å². The Balaban J connectivity index is 2.91. The minimum absolute atomic E-state index is 0.0544. The zero-order valence-corrected chi connectivity index (χ0v) is 13.7. The van der Waals surface area contributed by atoms with Crippen molar-refractivity contribution >= 4 is 33.1 Å². The molecule has 3 N–H and O–H groups in total. The molecule has 0 fully saturated rings. The number of carbonyl (C=O) groups is 1. The van der Waals surface area contributed by atoms with E-state index in [0.29, 0.717) is 12.2 Å². The molecule has 21 heavy (non-hydrogen) atoms. The van der Waals surface area contributed by atoms with Crippen LogP contribution in [-0.2, 0) is 14.8 Å². The highest BCUT2D eigenvalue weighted by molar-refractivity contribution is 7.89. The molecule has 0 aromatic carbocycles. The number of aromatic nitrogens is 1. The number of nitrogens with zero attached hydrogens (tertiary/aromatic N) is 2. The van der Waals surface area contributed by atoms with Crippen molar-refractivity contribution in [2.75, 3.05) is 13.6 Å². The number of sulfonamides is 1. The summed E-state index contributed by atoms with van der Waals surface area (Å²) in [4.78, 5) is 17.2. The lowest BCUT2D eigenvalue weighted by molar-refractivity contribution is -0.131. The van der Waals surface area contributed by atoms with Gasteiger partial charge in [0.1, 0.15) is 9.88 Å². The standard InChI is InChI=1S/C12H18N4O3S2/c1-4-16(3)12(17)8(2)15-21(18,19)9-5-6-10(11(13)20)14-7-9/h5-8,15H,4H2,1-3H3,(H2,13,20). The van der Waals surface area contributed by atoms with E-state index >= 15 is 0 Å². The molecule has 0 aliphatic carbocycles. The van der Waals surface area contributed by atoms with Crippen LogP contribution in [0.2, 0.25) is 0 Å². The number of carbonyl (C=O) groups excluding carboxylic acids is 1. The Morgan fingerprint density at radius 1 is 1.52 bits per heavy atom. The molecule has 1 amide bonds. The highest BCUT2D eigenvalue weighted by Gasteiger charge is 2.24. The Hall–Kier alpha value is -1.58. The number of rotatable bonds is 6. The van der Waals surface area contributed by atoms with E-state index < -0.39 is 16.1 Å². The number of hydrogen-bond acceptors (Lipinski definition) is 5. The van der Waals surface area contributed by atoms with Gasteiger partial charge in [-0.2, -0.15) is 4.72 Å². The van der Waals surface area contributed by atoms with Gasteiger partial charge in [-0.25, -0.2) is 8.42 Å². The van der Waals surface area contributed by atoms with Gasteiger partial charge in [-0.1, -0.05) is 12.2 Å². The molecule has 1 aromatic rings. The molecule has 1 unspecified atom stereocenters. The lowest BCUT2D eigenvalue weighted by Gasteiger charge is -2.20. The number of nitrogens with one attached hydrogen (secondary N) is 1. The highest BCUT2D eigenvalue weighted by atomic mass is 32.2. The second-order valence-electron chi connectivity index (χ2n) is 4.44. The third-order valence-corrected chi connectivity index (χ3v) is 4.59. The van der Waals surface area contributed by atoms with Crippen LogP contribution in [0.1, 0.15) is 19.5 Å². The Kier molecular flexibility index (Phi) is 5.76. The second kappa shape index (κ2) is 6.92. The Labute approximate surface area is 129 Å². The first-order chi connectivity index (χ1) is 9.69. The maximum atomic E-state index is 12.2. The molecule has 0 spiro atoms. The summed E-state index contributed by atoms with van der Waals surface area (Å²) in [6.07, 6.45) is 1.15. The van der Waals surface area contributed by atoms with Gasteiger partial charge in [-0.3, -0.25) is 9.78 Å². The summed E-state index contributed by atoms with van der Waals surface area (Å²) in [7, 11) is -2.23. The molecule has 9 heteroatoms. The fraction of sp³-hybridized carbons (Fsp3) is 0.417. The zero-order valence-electron chi connectivity index (χ0n) is 12.0. The average molecular weight is 330 g/mol. The van der Waals surface area contributed by atoms with Crippen LogP contribution in [0.5, 0.6) is 0 Å². The van der Waals surface area contributed by atoms with Gasteiger partial charge in [0.2, 0.25) is 15.9 Å². The van der Waals surface area contributed by atoms with Crippen LogP contribution in [0.15, 0.2) is 23.2 Å². The smallest absolute Gasteiger partial charge is 0.242 e. The van der Waals surface area contributed by atoms with E-state index in [1.54, 1.807) is 14.0 Å². The van der Waals surface area contributed by atoms with Crippen LogP contribution >= 0.6 is 12.2 Å². The van der Waals surface area contributed by atoms with Crippen molar-refractivity contribution in [2.45, 2.75) is 24.8 Å². The first kappa shape index (κ1) is 17.5. The maximum Gasteiger partial charge on any atom is 0.242 e. The highest BCUT2D eigenvalue weighted by Crippen LogP contribution is 2.09. The second-order valence-corrected chi connectivity index (χ2v) is 6.59. The lowest BCUT2D eigenvalue weighted by Crippen LogP contribution is -2.45. The number of likely N-dealkylation sites (N-methyl/N-ethyl adjacent to an activating group) is 1. The van der Waals surface area contributed by atoms with E-state index in [1.807, 2.05) is 0 Å². The normalized spacial score (nSPS) is 12.7. The molecule has 0 saturated heterocycles. The first-order valence-electron chi connectivity index (χ1n) is 6.22. The molecule has 7 nitrogen and oxygen atoms in total. The fourth-order valence-electron chi connectivity index (χ4n) is 1.52. The van der Waals surface area contributed by atoms with E-state index in [1.165, 1.54) is 24.0 Å². The van der Waals surface area contributed by atoms with Crippen LogP contribution in [0.25, 0.3) is 0 Å². The van der Waals surface area contributed by atoms with Crippen molar-refractivity contribution in [1.82, 2.24) is 14.6 Å². The minimum atomic E-state index is -3.83. The van der Waals surface area contributed by atoms with Crippen molar-refractivity contribution in [2.24, 2.45) is 5.73 Å². The van der Waals surface area contributed by atoms with E-state index in [0.717, 1.165) is 6.20 Å². The predicted molar refractivity (Wildman–Crippen MR) is 83.2 cm³/mol. The van der Waals surface area contributed by atoms with Gasteiger partial charge in [-0.15, -0.1) is 0 Å². The SMILES string of the molecule is CCN(C)C(=O)C(C)NS(=O)(=O)c1ccc(C(N)=S)nc1. The van der Waals surface area contributed by atoms with Gasteiger partial charge in [0.25, 0.3) is 0 Å². The molecule has 0 bridgehead atoms. The van der Waals surface area contributed by atoms with Crippen LogP contribution < -0.4 is 10.5 Å². The average Bonchev–Trinajstić information content (AvgIpc) is 2.45. The summed E-state index contributed by atoms with van der Waals surface area (Å²) in [6, 6.07) is 1.89. The number of hydrogen-bond donors (Lipinski definition) is 2. The number of thiocarbonyl (C=S) groups is 1. The van der Waals surface area contributed by atoms with E-state index in [2.05, 4.69) is 9.71 Å². The number of pyridine rings is 1. The van der Waals surface area contributed by atoms with E-state index in [-0.39, 0.29) is 15.8 Å². The van der Waals surface area contributed by atoms with Gasteiger partial charge in [-0.05, 0) is 26.0 Å². The number of nitrogens with two attached hydrogens (primary N) is 1. The molecule has 1 rings (SSSR count). The summed E-state index contributed by atoms with van der Waals surface area (Å²) < 4.78 is 26.6. The van der Waals surface area contributed by atoms with Gasteiger partial charge >= 0.3 is 0 Å². The maximum absolute atomic E-state index is 12.2. The van der Waals surface area contributed by atoms with Gasteiger partial charge < -0.3 is 10.6 Å². The largest absolute Gasteiger partial charge is 0.388 e. The Morgan fingerprint density at radius 3 is 2.57 bits per heavy atom. The molecular weight excluding hydrogens is 312 g/mol. The molecule has 0 aliphatic heterocycles. The zero-order chi connectivity index (χ0) is 16.2. The van der Waals surface area contributed by atoms with Gasteiger partial charge in [0.15, 0.2) is 0 Å².